The van der Waals surface area contributed by atoms with Gasteiger partial charge in [0, 0.05) is 12.5 Å². The van der Waals surface area contributed by atoms with Crippen molar-refractivity contribution in [3.63, 3.8) is 0 Å². The van der Waals surface area contributed by atoms with Crippen LogP contribution in [0.2, 0.25) is 0 Å². The Labute approximate surface area is 70.4 Å². The molecule has 1 N–H and O–H groups in total. The van der Waals surface area contributed by atoms with Crippen LogP contribution in [0.4, 0.5) is 0 Å². The van der Waals surface area contributed by atoms with Crippen molar-refractivity contribution in [3.8, 4) is 0 Å². The van der Waals surface area contributed by atoms with Crippen LogP contribution in [0, 0.1) is 0 Å². The van der Waals surface area contributed by atoms with E-state index in [1.54, 1.807) is 0 Å². The zero-order valence-electron chi connectivity index (χ0n) is 8.40. The molecule has 1 aliphatic rings. The van der Waals surface area contributed by atoms with E-state index in [4.69, 9.17) is 0 Å². The molecular formula is C9H21NO. The minimum absolute atomic E-state index is 0.201. The van der Waals surface area contributed by atoms with Crippen molar-refractivity contribution in [2.75, 3.05) is 0 Å². The Morgan fingerprint density at radius 1 is 1.27 bits per heavy atom. The molecule has 1 amide bonds. The zero-order chi connectivity index (χ0) is 9.28. The van der Waals surface area contributed by atoms with Crippen molar-refractivity contribution >= 4 is 5.91 Å². The van der Waals surface area contributed by atoms with Gasteiger partial charge < -0.3 is 5.32 Å². The second-order valence-electron chi connectivity index (χ2n) is 2.01. The van der Waals surface area contributed by atoms with Crippen LogP contribution in [0.5, 0.6) is 0 Å². The largest absolute Gasteiger partial charge is 0.354 e. The fourth-order valence-corrected chi connectivity index (χ4v) is 0.767. The predicted molar refractivity (Wildman–Crippen MR) is 49.5 cm³/mol. The minimum atomic E-state index is 0.201. The minimum Gasteiger partial charge on any atom is -0.354 e. The first-order chi connectivity index (χ1) is 5.29. The van der Waals surface area contributed by atoms with Gasteiger partial charge in [0.2, 0.25) is 5.91 Å². The van der Waals surface area contributed by atoms with E-state index >= 15 is 0 Å². The number of hydrogen-bond donors (Lipinski definition) is 1. The molecule has 0 aromatic rings. The third-order valence-corrected chi connectivity index (χ3v) is 1.21. The lowest BCUT2D eigenvalue weighted by molar-refractivity contribution is -0.119. The summed E-state index contributed by atoms with van der Waals surface area (Å²) >= 11 is 0. The fourth-order valence-electron chi connectivity index (χ4n) is 0.767. The molecule has 1 aliphatic heterocycles. The van der Waals surface area contributed by atoms with Gasteiger partial charge in [0.25, 0.3) is 0 Å². The molecule has 0 aliphatic carbocycles. The molecule has 1 fully saturated rings. The van der Waals surface area contributed by atoms with Crippen LogP contribution in [0.1, 0.15) is 47.5 Å². The number of amides is 1. The molecule has 11 heavy (non-hydrogen) atoms. The lowest BCUT2D eigenvalue weighted by Crippen LogP contribution is -2.21. The van der Waals surface area contributed by atoms with Gasteiger partial charge in [0.05, 0.1) is 0 Å². The maximum absolute atomic E-state index is 10.3. The average molecular weight is 159 g/mol. The van der Waals surface area contributed by atoms with Crippen molar-refractivity contribution in [1.29, 1.82) is 0 Å². The van der Waals surface area contributed by atoms with Crippen molar-refractivity contribution in [2.45, 2.75) is 53.5 Å². The van der Waals surface area contributed by atoms with Crippen LogP contribution >= 0.6 is 0 Å². The quantitative estimate of drug-likeness (QED) is 0.577. The maximum atomic E-state index is 10.3. The van der Waals surface area contributed by atoms with E-state index in [0.29, 0.717) is 6.04 Å². The number of hydrogen-bond acceptors (Lipinski definition) is 1. The van der Waals surface area contributed by atoms with Gasteiger partial charge in [0.15, 0.2) is 0 Å². The van der Waals surface area contributed by atoms with E-state index in [9.17, 15) is 4.79 Å². The van der Waals surface area contributed by atoms with Crippen LogP contribution in [-0.4, -0.2) is 11.9 Å². The Kier molecular flexibility index (Phi) is 11.3. The third-order valence-electron chi connectivity index (χ3n) is 1.21. The average Bonchev–Trinajstić information content (AvgIpc) is 2.43. The molecular weight excluding hydrogens is 138 g/mol. The Morgan fingerprint density at radius 2 is 1.73 bits per heavy atom. The second kappa shape index (κ2) is 9.47. The van der Waals surface area contributed by atoms with Crippen molar-refractivity contribution < 1.29 is 4.79 Å². The van der Waals surface area contributed by atoms with Gasteiger partial charge in [-0.25, -0.2) is 0 Å². The van der Waals surface area contributed by atoms with Crippen molar-refractivity contribution in [1.82, 2.24) is 5.32 Å². The van der Waals surface area contributed by atoms with Gasteiger partial charge in [-0.05, 0) is 13.3 Å². The molecule has 0 spiro atoms. The SMILES string of the molecule is CC.CC.CC1CCC(=O)N1. The number of nitrogens with one attached hydrogen (secondary N) is 1. The normalized spacial score (nSPS) is 20.5. The van der Waals surface area contributed by atoms with Crippen LogP contribution in [0.3, 0.4) is 0 Å². The smallest absolute Gasteiger partial charge is 0.220 e. The summed E-state index contributed by atoms with van der Waals surface area (Å²) in [4.78, 5) is 10.3. The fraction of sp³-hybridized carbons (Fsp3) is 0.889. The highest BCUT2D eigenvalue weighted by Crippen LogP contribution is 2.03. The van der Waals surface area contributed by atoms with Gasteiger partial charge >= 0.3 is 0 Å². The van der Waals surface area contributed by atoms with Gasteiger partial charge in [-0.2, -0.15) is 0 Å². The molecule has 0 bridgehead atoms. The molecule has 2 nitrogen and oxygen atoms in total. The maximum Gasteiger partial charge on any atom is 0.220 e. The monoisotopic (exact) mass is 159 g/mol. The molecule has 1 heterocycles. The molecule has 0 aromatic heterocycles. The Hall–Kier alpha value is -0.530. The first-order valence-corrected chi connectivity index (χ1v) is 4.58. The van der Waals surface area contributed by atoms with Crippen molar-refractivity contribution in [2.24, 2.45) is 0 Å². The predicted octanol–water partition coefficient (Wildman–Crippen LogP) is 2.34. The molecule has 1 saturated heterocycles. The van der Waals surface area contributed by atoms with E-state index in [1.807, 2.05) is 34.6 Å². The summed E-state index contributed by atoms with van der Waals surface area (Å²) in [6.45, 7) is 10.0. The molecule has 0 aromatic carbocycles. The Bertz CT molecular complexity index is 91.6. The number of carbonyl (C=O) groups excluding carboxylic acids is 1. The molecule has 0 saturated carbocycles. The summed E-state index contributed by atoms with van der Waals surface area (Å²) in [5.74, 6) is 0.201. The molecule has 0 radical (unpaired) electrons. The molecule has 2 heteroatoms. The summed E-state index contributed by atoms with van der Waals surface area (Å²) in [7, 11) is 0. The highest BCUT2D eigenvalue weighted by atomic mass is 16.1. The van der Waals surface area contributed by atoms with Crippen molar-refractivity contribution in [3.05, 3.63) is 0 Å². The standard InChI is InChI=1S/C5H9NO.2C2H6/c1-4-2-3-5(7)6-4;2*1-2/h4H,2-3H2,1H3,(H,6,7);2*1-2H3. The van der Waals surface area contributed by atoms with Crippen LogP contribution in [-0.2, 0) is 4.79 Å². The van der Waals surface area contributed by atoms with E-state index in [1.165, 1.54) is 0 Å². The van der Waals surface area contributed by atoms with E-state index in [2.05, 4.69) is 5.32 Å². The Morgan fingerprint density at radius 3 is 1.82 bits per heavy atom. The molecule has 1 unspecified atom stereocenters. The number of carbonyl (C=O) groups is 1. The summed E-state index contributed by atoms with van der Waals surface area (Å²) in [6, 6.07) is 0.424. The first kappa shape index (κ1) is 13.1. The van der Waals surface area contributed by atoms with Gasteiger partial charge in [-0.3, -0.25) is 4.79 Å². The lowest BCUT2D eigenvalue weighted by atomic mass is 10.3. The summed E-state index contributed by atoms with van der Waals surface area (Å²) in [5, 5.41) is 2.78. The Balaban J connectivity index is 0. The van der Waals surface area contributed by atoms with Crippen LogP contribution < -0.4 is 5.32 Å². The van der Waals surface area contributed by atoms with Crippen LogP contribution in [0.15, 0.2) is 0 Å². The third kappa shape index (κ3) is 7.37. The highest BCUT2D eigenvalue weighted by molar-refractivity contribution is 5.78. The molecule has 1 rings (SSSR count). The first-order valence-electron chi connectivity index (χ1n) is 4.58. The second-order valence-corrected chi connectivity index (χ2v) is 2.01. The summed E-state index contributed by atoms with van der Waals surface area (Å²) in [5.41, 5.74) is 0. The zero-order valence-corrected chi connectivity index (χ0v) is 8.40. The summed E-state index contributed by atoms with van der Waals surface area (Å²) in [6.07, 6.45) is 1.74. The summed E-state index contributed by atoms with van der Waals surface area (Å²) < 4.78 is 0. The van der Waals surface area contributed by atoms with Gasteiger partial charge in [-0.15, -0.1) is 0 Å². The van der Waals surface area contributed by atoms with E-state index in [0.717, 1.165) is 12.8 Å². The highest BCUT2D eigenvalue weighted by Gasteiger charge is 2.14. The molecule has 68 valence electrons. The lowest BCUT2D eigenvalue weighted by Gasteiger charge is -1.95. The van der Waals surface area contributed by atoms with Gasteiger partial charge in [-0.1, -0.05) is 27.7 Å². The number of rotatable bonds is 0. The van der Waals surface area contributed by atoms with Crippen LogP contribution in [0.25, 0.3) is 0 Å². The van der Waals surface area contributed by atoms with Gasteiger partial charge in [0.1, 0.15) is 0 Å². The molecule has 1 atom stereocenters. The topological polar surface area (TPSA) is 29.1 Å². The van der Waals surface area contributed by atoms with E-state index < -0.39 is 0 Å². The van der Waals surface area contributed by atoms with E-state index in [-0.39, 0.29) is 5.91 Å².